The maximum Gasteiger partial charge on any atom is 0.332 e. The van der Waals surface area contributed by atoms with Crippen LogP contribution in [0.25, 0.3) is 0 Å². The third kappa shape index (κ3) is 2.81. The Balaban J connectivity index is 1.78. The molecule has 1 fully saturated rings. The topological polar surface area (TPSA) is 58.6 Å². The van der Waals surface area contributed by atoms with Crippen molar-refractivity contribution in [1.82, 2.24) is 5.32 Å². The number of carboxylic acid groups (broad SMARTS) is 1. The van der Waals surface area contributed by atoms with Gasteiger partial charge in [0.1, 0.15) is 0 Å². The van der Waals surface area contributed by atoms with Crippen LogP contribution in [0.15, 0.2) is 30.3 Å². The van der Waals surface area contributed by atoms with Crippen molar-refractivity contribution in [2.24, 2.45) is 0 Å². The molecule has 1 aromatic rings. The van der Waals surface area contributed by atoms with E-state index in [0.29, 0.717) is 13.0 Å². The maximum absolute atomic E-state index is 10.7. The van der Waals surface area contributed by atoms with Crippen LogP contribution in [-0.2, 0) is 16.1 Å². The van der Waals surface area contributed by atoms with Gasteiger partial charge in [0, 0.05) is 19.0 Å². The van der Waals surface area contributed by atoms with E-state index in [1.54, 1.807) is 0 Å². The average molecular weight is 221 g/mol. The second kappa shape index (κ2) is 5.09. The molecule has 0 saturated carbocycles. The lowest BCUT2D eigenvalue weighted by Crippen LogP contribution is -2.29. The summed E-state index contributed by atoms with van der Waals surface area (Å²) in [6.07, 6.45) is -0.101. The van der Waals surface area contributed by atoms with Crippen LogP contribution in [0.4, 0.5) is 0 Å². The summed E-state index contributed by atoms with van der Waals surface area (Å²) in [6, 6.07) is 10.2. The Morgan fingerprint density at radius 2 is 2.19 bits per heavy atom. The largest absolute Gasteiger partial charge is 0.479 e. The lowest BCUT2D eigenvalue weighted by Gasteiger charge is -2.10. The summed E-state index contributed by atoms with van der Waals surface area (Å²) in [7, 11) is 0. The fourth-order valence-electron chi connectivity index (χ4n) is 1.80. The summed E-state index contributed by atoms with van der Waals surface area (Å²) < 4.78 is 5.15. The first-order valence-electron chi connectivity index (χ1n) is 5.37. The van der Waals surface area contributed by atoms with Crippen LogP contribution in [0.3, 0.4) is 0 Å². The van der Waals surface area contributed by atoms with E-state index < -0.39 is 12.1 Å². The number of aliphatic carboxylic acids is 1. The van der Waals surface area contributed by atoms with Crippen molar-refractivity contribution in [2.75, 3.05) is 6.61 Å². The fourth-order valence-corrected chi connectivity index (χ4v) is 1.80. The molecule has 2 atom stereocenters. The van der Waals surface area contributed by atoms with Crippen molar-refractivity contribution in [3.05, 3.63) is 35.9 Å². The molecule has 1 aromatic carbocycles. The van der Waals surface area contributed by atoms with Crippen LogP contribution < -0.4 is 5.32 Å². The molecule has 1 heterocycles. The highest BCUT2D eigenvalue weighted by molar-refractivity contribution is 5.72. The van der Waals surface area contributed by atoms with E-state index in [1.807, 2.05) is 30.3 Å². The Hall–Kier alpha value is -1.39. The lowest BCUT2D eigenvalue weighted by molar-refractivity contribution is -0.147. The number of hydrogen-bond acceptors (Lipinski definition) is 3. The molecule has 2 N–H and O–H groups in total. The van der Waals surface area contributed by atoms with Gasteiger partial charge in [0.15, 0.2) is 6.10 Å². The molecule has 0 spiro atoms. The molecule has 4 heteroatoms. The van der Waals surface area contributed by atoms with Crippen molar-refractivity contribution in [3.63, 3.8) is 0 Å². The smallest absolute Gasteiger partial charge is 0.332 e. The number of rotatable bonds is 4. The van der Waals surface area contributed by atoms with Gasteiger partial charge in [-0.05, 0) is 5.56 Å². The fraction of sp³-hybridized carbons (Fsp3) is 0.417. The number of hydrogen-bond donors (Lipinski definition) is 2. The maximum atomic E-state index is 10.7. The van der Waals surface area contributed by atoms with Gasteiger partial charge in [-0.1, -0.05) is 30.3 Å². The van der Waals surface area contributed by atoms with Crippen LogP contribution in [0.5, 0.6) is 0 Å². The molecule has 1 aliphatic rings. The molecule has 0 aromatic heterocycles. The van der Waals surface area contributed by atoms with Crippen LogP contribution in [0.1, 0.15) is 12.0 Å². The molecule has 4 nitrogen and oxygen atoms in total. The van der Waals surface area contributed by atoms with Gasteiger partial charge in [0.25, 0.3) is 0 Å². The van der Waals surface area contributed by atoms with Crippen molar-refractivity contribution < 1.29 is 14.6 Å². The normalized spacial score (nSPS) is 24.5. The van der Waals surface area contributed by atoms with Crippen LogP contribution in [-0.4, -0.2) is 29.8 Å². The Labute approximate surface area is 94.2 Å². The third-order valence-corrected chi connectivity index (χ3v) is 2.71. The summed E-state index contributed by atoms with van der Waals surface area (Å²) in [6.45, 7) is 1.23. The predicted octanol–water partition coefficient (Wildman–Crippen LogP) is 1.02. The third-order valence-electron chi connectivity index (χ3n) is 2.71. The molecule has 2 unspecified atom stereocenters. The van der Waals surface area contributed by atoms with Crippen molar-refractivity contribution >= 4 is 5.97 Å². The molecule has 0 radical (unpaired) electrons. The minimum absolute atomic E-state index is 0.140. The highest BCUT2D eigenvalue weighted by Gasteiger charge is 2.30. The first-order chi connectivity index (χ1) is 7.75. The van der Waals surface area contributed by atoms with Gasteiger partial charge in [0.05, 0.1) is 6.61 Å². The van der Waals surface area contributed by atoms with E-state index >= 15 is 0 Å². The van der Waals surface area contributed by atoms with Gasteiger partial charge in [-0.2, -0.15) is 0 Å². The van der Waals surface area contributed by atoms with E-state index in [4.69, 9.17) is 9.84 Å². The minimum Gasteiger partial charge on any atom is -0.479 e. The van der Waals surface area contributed by atoms with E-state index in [1.165, 1.54) is 5.56 Å². The summed E-state index contributed by atoms with van der Waals surface area (Å²) in [5.41, 5.74) is 1.20. The van der Waals surface area contributed by atoms with Gasteiger partial charge in [0.2, 0.25) is 0 Å². The highest BCUT2D eigenvalue weighted by atomic mass is 16.5. The summed E-state index contributed by atoms with van der Waals surface area (Å²) >= 11 is 0. The number of nitrogens with one attached hydrogen (secondary N) is 1. The molecule has 0 bridgehead atoms. The average Bonchev–Trinajstić information content (AvgIpc) is 2.76. The van der Waals surface area contributed by atoms with Crippen LogP contribution >= 0.6 is 0 Å². The zero-order valence-electron chi connectivity index (χ0n) is 8.93. The zero-order valence-corrected chi connectivity index (χ0v) is 8.93. The Morgan fingerprint density at radius 3 is 2.81 bits per heavy atom. The van der Waals surface area contributed by atoms with Crippen LogP contribution in [0, 0.1) is 0 Å². The molecular weight excluding hydrogens is 206 g/mol. The SMILES string of the molecule is O=C(O)C1CC(NCc2ccccc2)CO1. The van der Waals surface area contributed by atoms with Gasteiger partial charge >= 0.3 is 5.97 Å². The van der Waals surface area contributed by atoms with Crippen molar-refractivity contribution in [1.29, 1.82) is 0 Å². The van der Waals surface area contributed by atoms with Crippen molar-refractivity contribution in [3.8, 4) is 0 Å². The van der Waals surface area contributed by atoms with Gasteiger partial charge in [-0.3, -0.25) is 0 Å². The van der Waals surface area contributed by atoms with E-state index in [2.05, 4.69) is 5.32 Å². The van der Waals surface area contributed by atoms with Gasteiger partial charge < -0.3 is 15.2 Å². The summed E-state index contributed by atoms with van der Waals surface area (Å²) in [5.74, 6) is -0.871. The zero-order chi connectivity index (χ0) is 11.4. The second-order valence-corrected chi connectivity index (χ2v) is 3.96. The standard InChI is InChI=1S/C12H15NO3/c14-12(15)11-6-10(8-16-11)13-7-9-4-2-1-3-5-9/h1-5,10-11,13H,6-8H2,(H,14,15). The molecule has 0 amide bonds. The predicted molar refractivity (Wildman–Crippen MR) is 59.1 cm³/mol. The Bertz CT molecular complexity index is 353. The molecule has 0 aliphatic carbocycles. The Kier molecular flexibility index (Phi) is 3.54. The van der Waals surface area contributed by atoms with E-state index in [-0.39, 0.29) is 6.04 Å². The van der Waals surface area contributed by atoms with E-state index in [0.717, 1.165) is 6.54 Å². The first-order valence-corrected chi connectivity index (χ1v) is 5.37. The first kappa shape index (κ1) is 11.1. The van der Waals surface area contributed by atoms with Crippen molar-refractivity contribution in [2.45, 2.75) is 25.1 Å². The lowest BCUT2D eigenvalue weighted by atomic mass is 10.1. The highest BCUT2D eigenvalue weighted by Crippen LogP contribution is 2.13. The molecular formula is C12H15NO3. The second-order valence-electron chi connectivity index (χ2n) is 3.96. The number of benzene rings is 1. The molecule has 2 rings (SSSR count). The summed E-state index contributed by atoms with van der Waals surface area (Å²) in [4.78, 5) is 10.7. The number of ether oxygens (including phenoxy) is 1. The van der Waals surface area contributed by atoms with Gasteiger partial charge in [-0.25, -0.2) is 4.79 Å². The molecule has 1 saturated heterocycles. The van der Waals surface area contributed by atoms with Crippen LogP contribution in [0.2, 0.25) is 0 Å². The molecule has 16 heavy (non-hydrogen) atoms. The number of carboxylic acids is 1. The quantitative estimate of drug-likeness (QED) is 0.797. The summed E-state index contributed by atoms with van der Waals surface area (Å²) in [5, 5.41) is 12.1. The molecule has 1 aliphatic heterocycles. The number of carbonyl (C=O) groups is 1. The minimum atomic E-state index is -0.871. The molecule has 86 valence electrons. The van der Waals surface area contributed by atoms with E-state index in [9.17, 15) is 4.79 Å². The Morgan fingerprint density at radius 1 is 1.44 bits per heavy atom. The van der Waals surface area contributed by atoms with Gasteiger partial charge in [-0.15, -0.1) is 0 Å². The monoisotopic (exact) mass is 221 g/mol.